The van der Waals surface area contributed by atoms with Gasteiger partial charge in [0.25, 0.3) is 5.91 Å². The molecule has 3 rings (SSSR count). The Bertz CT molecular complexity index is 921. The topological polar surface area (TPSA) is 57.8 Å². The van der Waals surface area contributed by atoms with Crippen molar-refractivity contribution in [2.45, 2.75) is 6.18 Å². The van der Waals surface area contributed by atoms with Crippen LogP contribution in [0, 0.1) is 0 Å². The number of alkyl halides is 3. The molecule has 1 heterocycles. The molecule has 1 aromatic heterocycles. The number of nitrogens with one attached hydrogen (secondary N) is 2. The van der Waals surface area contributed by atoms with Crippen LogP contribution in [-0.2, 0) is 6.18 Å². The van der Waals surface area contributed by atoms with Crippen molar-refractivity contribution in [3.8, 4) is 11.3 Å². The molecule has 0 aliphatic rings. The number of hydrogen-bond acceptors (Lipinski definition) is 2. The van der Waals surface area contributed by atoms with E-state index in [4.69, 9.17) is 11.6 Å². The van der Waals surface area contributed by atoms with Crippen molar-refractivity contribution >= 4 is 23.2 Å². The molecule has 2 N–H and O–H groups in total. The quantitative estimate of drug-likeness (QED) is 0.686. The number of anilines is 1. The average Bonchev–Trinajstić information content (AvgIpc) is 3.04. The molecule has 0 saturated carbocycles. The number of halogens is 4. The number of H-pyrrole nitrogens is 1. The molecule has 0 atom stereocenters. The van der Waals surface area contributed by atoms with Crippen LogP contribution in [0.2, 0.25) is 5.02 Å². The first kappa shape index (κ1) is 17.0. The van der Waals surface area contributed by atoms with Gasteiger partial charge in [-0.3, -0.25) is 9.89 Å². The van der Waals surface area contributed by atoms with Gasteiger partial charge in [-0.15, -0.1) is 0 Å². The maximum absolute atomic E-state index is 12.7. The summed E-state index contributed by atoms with van der Waals surface area (Å²) in [6, 6.07) is 12.8. The van der Waals surface area contributed by atoms with Crippen molar-refractivity contribution in [2.24, 2.45) is 0 Å². The molecule has 8 heteroatoms. The van der Waals surface area contributed by atoms with Crippen LogP contribution < -0.4 is 5.32 Å². The van der Waals surface area contributed by atoms with E-state index in [1.165, 1.54) is 18.2 Å². The number of aromatic nitrogens is 2. The molecule has 2 aromatic carbocycles. The highest BCUT2D eigenvalue weighted by Gasteiger charge is 2.30. The fourth-order valence-corrected chi connectivity index (χ4v) is 2.45. The third-order valence-corrected chi connectivity index (χ3v) is 3.75. The van der Waals surface area contributed by atoms with E-state index in [-0.39, 0.29) is 11.4 Å². The Balaban J connectivity index is 1.80. The molecular weight excluding hydrogens is 355 g/mol. The predicted molar refractivity (Wildman–Crippen MR) is 88.4 cm³/mol. The van der Waals surface area contributed by atoms with Gasteiger partial charge in [0, 0.05) is 11.3 Å². The zero-order valence-corrected chi connectivity index (χ0v) is 13.3. The van der Waals surface area contributed by atoms with Crippen LogP contribution >= 0.6 is 11.6 Å². The van der Waals surface area contributed by atoms with Gasteiger partial charge in [0.15, 0.2) is 0 Å². The third-order valence-electron chi connectivity index (χ3n) is 3.42. The summed E-state index contributed by atoms with van der Waals surface area (Å²) in [6.45, 7) is 0. The highest BCUT2D eigenvalue weighted by molar-refractivity contribution is 6.33. The number of hydrogen-bond donors (Lipinski definition) is 2. The lowest BCUT2D eigenvalue weighted by Crippen LogP contribution is -2.13. The summed E-state index contributed by atoms with van der Waals surface area (Å²) in [5.41, 5.74) is 0.394. The largest absolute Gasteiger partial charge is 0.416 e. The van der Waals surface area contributed by atoms with Gasteiger partial charge in [-0.2, -0.15) is 18.3 Å². The van der Waals surface area contributed by atoms with Crippen LogP contribution in [0.4, 0.5) is 18.9 Å². The number of benzene rings is 2. The SMILES string of the molecule is O=C(Nc1cccc(C(F)(F)F)c1)c1cc(-c2ccccc2Cl)n[nH]1. The normalized spacial score (nSPS) is 11.4. The van der Waals surface area contributed by atoms with E-state index < -0.39 is 17.6 Å². The standard InChI is InChI=1S/C17H11ClF3N3O/c18-13-7-2-1-6-12(13)14-9-15(24-23-14)16(25)22-11-5-3-4-10(8-11)17(19,20)21/h1-9H,(H,22,25)(H,23,24). The molecule has 0 unspecified atom stereocenters. The number of rotatable bonds is 3. The molecule has 4 nitrogen and oxygen atoms in total. The number of carbonyl (C=O) groups excluding carboxylic acids is 1. The third kappa shape index (κ3) is 3.83. The molecule has 128 valence electrons. The summed E-state index contributed by atoms with van der Waals surface area (Å²) in [6.07, 6.45) is -4.48. The Labute approximate surface area is 145 Å². The van der Waals surface area contributed by atoms with E-state index in [9.17, 15) is 18.0 Å². The van der Waals surface area contributed by atoms with E-state index >= 15 is 0 Å². The van der Waals surface area contributed by atoms with E-state index in [1.54, 1.807) is 24.3 Å². The van der Waals surface area contributed by atoms with Crippen LogP contribution in [-0.4, -0.2) is 16.1 Å². The summed E-state index contributed by atoms with van der Waals surface area (Å²) in [5.74, 6) is -0.606. The van der Waals surface area contributed by atoms with Crippen molar-refractivity contribution < 1.29 is 18.0 Å². The zero-order chi connectivity index (χ0) is 18.0. The molecule has 0 aliphatic heterocycles. The van der Waals surface area contributed by atoms with Crippen molar-refractivity contribution in [3.05, 3.63) is 70.9 Å². The Kier molecular flexibility index (Phi) is 4.50. The lowest BCUT2D eigenvalue weighted by Gasteiger charge is -2.09. The first-order chi connectivity index (χ1) is 11.8. The Morgan fingerprint density at radius 3 is 2.56 bits per heavy atom. The second-order valence-corrected chi connectivity index (χ2v) is 5.59. The molecule has 0 bridgehead atoms. The Hall–Kier alpha value is -2.80. The summed E-state index contributed by atoms with van der Waals surface area (Å²) in [7, 11) is 0. The van der Waals surface area contributed by atoms with Gasteiger partial charge in [0.05, 0.1) is 16.3 Å². The van der Waals surface area contributed by atoms with Gasteiger partial charge in [-0.05, 0) is 30.3 Å². The van der Waals surface area contributed by atoms with Crippen LogP contribution in [0.1, 0.15) is 16.1 Å². The zero-order valence-electron chi connectivity index (χ0n) is 12.6. The first-order valence-corrected chi connectivity index (χ1v) is 7.51. The van der Waals surface area contributed by atoms with E-state index in [2.05, 4.69) is 15.5 Å². The summed E-state index contributed by atoms with van der Waals surface area (Å²) in [4.78, 5) is 12.2. The molecule has 3 aromatic rings. The molecule has 25 heavy (non-hydrogen) atoms. The average molecular weight is 366 g/mol. The van der Waals surface area contributed by atoms with Gasteiger partial charge in [-0.25, -0.2) is 0 Å². The second-order valence-electron chi connectivity index (χ2n) is 5.18. The molecular formula is C17H11ClF3N3O. The fraction of sp³-hybridized carbons (Fsp3) is 0.0588. The van der Waals surface area contributed by atoms with Gasteiger partial charge in [0.2, 0.25) is 0 Å². The minimum atomic E-state index is -4.48. The summed E-state index contributed by atoms with van der Waals surface area (Å²) >= 11 is 6.08. The monoisotopic (exact) mass is 365 g/mol. The maximum atomic E-state index is 12.7. The maximum Gasteiger partial charge on any atom is 0.416 e. The number of carbonyl (C=O) groups is 1. The molecule has 0 fully saturated rings. The van der Waals surface area contributed by atoms with Crippen LogP contribution in [0.15, 0.2) is 54.6 Å². The number of amides is 1. The summed E-state index contributed by atoms with van der Waals surface area (Å²) < 4.78 is 38.1. The second kappa shape index (κ2) is 6.60. The number of aromatic amines is 1. The van der Waals surface area contributed by atoms with Crippen molar-refractivity contribution in [2.75, 3.05) is 5.32 Å². The fourth-order valence-electron chi connectivity index (χ4n) is 2.22. The van der Waals surface area contributed by atoms with Crippen molar-refractivity contribution in [1.82, 2.24) is 10.2 Å². The van der Waals surface area contributed by atoms with E-state index in [0.717, 1.165) is 12.1 Å². The Morgan fingerprint density at radius 1 is 1.08 bits per heavy atom. The molecule has 1 amide bonds. The highest BCUT2D eigenvalue weighted by Crippen LogP contribution is 2.31. The Morgan fingerprint density at radius 2 is 1.84 bits per heavy atom. The van der Waals surface area contributed by atoms with Gasteiger partial charge in [-0.1, -0.05) is 35.9 Å². The van der Waals surface area contributed by atoms with Gasteiger partial charge < -0.3 is 5.32 Å². The molecule has 0 saturated heterocycles. The minimum Gasteiger partial charge on any atom is -0.321 e. The van der Waals surface area contributed by atoms with Gasteiger partial charge >= 0.3 is 6.18 Å². The van der Waals surface area contributed by atoms with Gasteiger partial charge in [0.1, 0.15) is 5.69 Å². The van der Waals surface area contributed by atoms with Crippen LogP contribution in [0.5, 0.6) is 0 Å². The van der Waals surface area contributed by atoms with Crippen molar-refractivity contribution in [3.63, 3.8) is 0 Å². The summed E-state index contributed by atoms with van der Waals surface area (Å²) in [5, 5.41) is 9.45. The number of nitrogens with zero attached hydrogens (tertiary/aromatic N) is 1. The van der Waals surface area contributed by atoms with Crippen molar-refractivity contribution in [1.29, 1.82) is 0 Å². The van der Waals surface area contributed by atoms with Crippen LogP contribution in [0.3, 0.4) is 0 Å². The predicted octanol–water partition coefficient (Wildman–Crippen LogP) is 5.00. The molecule has 0 spiro atoms. The highest BCUT2D eigenvalue weighted by atomic mass is 35.5. The first-order valence-electron chi connectivity index (χ1n) is 7.13. The smallest absolute Gasteiger partial charge is 0.321 e. The van der Waals surface area contributed by atoms with E-state index in [0.29, 0.717) is 16.3 Å². The molecule has 0 aliphatic carbocycles. The lowest BCUT2D eigenvalue weighted by molar-refractivity contribution is -0.137. The van der Waals surface area contributed by atoms with E-state index in [1.807, 2.05) is 0 Å². The molecule has 0 radical (unpaired) electrons. The minimum absolute atomic E-state index is 0.0359. The van der Waals surface area contributed by atoms with Crippen LogP contribution in [0.25, 0.3) is 11.3 Å². The lowest BCUT2D eigenvalue weighted by atomic mass is 10.1.